The molecule has 5 heteroatoms. The summed E-state index contributed by atoms with van der Waals surface area (Å²) in [6, 6.07) is 66.6. The molecule has 60 heavy (non-hydrogen) atoms. The maximum absolute atomic E-state index is 13.4. The van der Waals surface area contributed by atoms with Gasteiger partial charge in [-0.15, -0.1) is 0 Å². The molecule has 0 N–H and O–H groups in total. The molecule has 304 valence electrons. The van der Waals surface area contributed by atoms with Crippen molar-refractivity contribution in [2.24, 2.45) is 34.5 Å². The van der Waals surface area contributed by atoms with Crippen LogP contribution >= 0.6 is 0 Å². The minimum Gasteiger partial charge on any atom is -0.404 e. The Morgan fingerprint density at radius 2 is 0.933 bits per heavy atom. The SMILES string of the molecule is C[C@]12CC[C@@H]3[C@@H](CCC4CC(=O)CC[C@@]43CO[Si](c3ccccc3)(c3ccccc3)c3ccccc3)[C@@H]1CCC2O[Si](c1ccccc1)(c1ccccc1)c1ccccc1. The molecule has 4 fully saturated rings. The summed E-state index contributed by atoms with van der Waals surface area (Å²) in [6.07, 6.45) is 9.38. The smallest absolute Gasteiger partial charge is 0.288 e. The first-order chi connectivity index (χ1) is 29.5. The molecule has 0 saturated heterocycles. The summed E-state index contributed by atoms with van der Waals surface area (Å²) in [5, 5.41) is 7.79. The topological polar surface area (TPSA) is 35.5 Å². The van der Waals surface area contributed by atoms with Gasteiger partial charge in [-0.3, -0.25) is 4.79 Å². The number of benzene rings is 6. The first kappa shape index (κ1) is 39.5. The van der Waals surface area contributed by atoms with Gasteiger partial charge < -0.3 is 8.85 Å². The fourth-order valence-corrected chi connectivity index (χ4v) is 21.4. The molecule has 0 amide bonds. The van der Waals surface area contributed by atoms with Crippen LogP contribution in [0.25, 0.3) is 0 Å². The van der Waals surface area contributed by atoms with E-state index in [-0.39, 0.29) is 16.9 Å². The minimum atomic E-state index is -2.94. The lowest BCUT2D eigenvalue weighted by Crippen LogP contribution is -2.71. The molecule has 4 aliphatic carbocycles. The van der Waals surface area contributed by atoms with Gasteiger partial charge in [0.1, 0.15) is 5.78 Å². The van der Waals surface area contributed by atoms with Crippen molar-refractivity contribution in [2.75, 3.05) is 6.61 Å². The third kappa shape index (κ3) is 6.55. The Bertz CT molecular complexity index is 2170. The van der Waals surface area contributed by atoms with E-state index in [2.05, 4.69) is 189 Å². The average molecular weight is 823 g/mol. The summed E-state index contributed by atoms with van der Waals surface area (Å²) in [5.41, 5.74) is 0.0259. The van der Waals surface area contributed by atoms with Crippen LogP contribution in [0.2, 0.25) is 0 Å². The van der Waals surface area contributed by atoms with E-state index in [1.165, 1.54) is 50.4 Å². The third-order valence-corrected chi connectivity index (χ3v) is 24.1. The lowest BCUT2D eigenvalue weighted by molar-refractivity contribution is -0.153. The van der Waals surface area contributed by atoms with Crippen LogP contribution in [0.15, 0.2) is 182 Å². The van der Waals surface area contributed by atoms with Gasteiger partial charge in [0, 0.05) is 19.4 Å². The van der Waals surface area contributed by atoms with Gasteiger partial charge in [-0.2, -0.15) is 0 Å². The van der Waals surface area contributed by atoms with Gasteiger partial charge in [-0.05, 0) is 111 Å². The Kier molecular flexibility index (Phi) is 10.7. The molecule has 4 aliphatic rings. The second kappa shape index (κ2) is 16.3. The standard InChI is InChI=1S/C55H58O3Si2/c1-54-38-37-52-50(51(54)34-35-53(54)58-60(47-26-14-5-15-27-47,48-28-16-6-17-29-48)49-30-18-7-19-31-49)33-32-42-40-43(56)36-39-55(42,52)41-57-59(44-20-8-2-9-21-44,45-22-10-3-11-23-45)46-24-12-4-13-25-46/h2-31,42,50-53H,32-41H2,1H3/t42?,50-,51-,52+,53?,54-,55+/m0/s1. The van der Waals surface area contributed by atoms with Crippen LogP contribution in [-0.4, -0.2) is 35.1 Å². The van der Waals surface area contributed by atoms with Crippen molar-refractivity contribution in [3.05, 3.63) is 182 Å². The molecule has 6 aromatic carbocycles. The van der Waals surface area contributed by atoms with E-state index < -0.39 is 16.6 Å². The molecule has 0 spiro atoms. The van der Waals surface area contributed by atoms with Crippen LogP contribution < -0.4 is 31.1 Å². The van der Waals surface area contributed by atoms with Crippen LogP contribution in [0.5, 0.6) is 0 Å². The monoisotopic (exact) mass is 822 g/mol. The van der Waals surface area contributed by atoms with Gasteiger partial charge in [0.25, 0.3) is 16.6 Å². The van der Waals surface area contributed by atoms with E-state index in [1.807, 2.05) is 0 Å². The van der Waals surface area contributed by atoms with E-state index in [0.717, 1.165) is 25.7 Å². The number of hydrogen-bond acceptors (Lipinski definition) is 3. The van der Waals surface area contributed by atoms with E-state index in [1.54, 1.807) is 0 Å². The Labute approximate surface area is 359 Å². The van der Waals surface area contributed by atoms with Crippen molar-refractivity contribution < 1.29 is 13.6 Å². The number of Topliss-reactive ketones (excluding diaryl/α,β-unsaturated/α-hetero) is 1. The van der Waals surface area contributed by atoms with Gasteiger partial charge >= 0.3 is 0 Å². The summed E-state index contributed by atoms with van der Waals surface area (Å²) >= 11 is 0. The zero-order valence-electron chi connectivity index (χ0n) is 35.0. The van der Waals surface area contributed by atoms with Gasteiger partial charge in [0.05, 0.1) is 6.10 Å². The molecule has 0 heterocycles. The Morgan fingerprint density at radius 1 is 0.500 bits per heavy atom. The molecule has 2 unspecified atom stereocenters. The van der Waals surface area contributed by atoms with E-state index in [4.69, 9.17) is 8.85 Å². The Hall–Kier alpha value is -4.66. The fourth-order valence-electron chi connectivity index (χ4n) is 13.2. The number of ketones is 1. The highest BCUT2D eigenvalue weighted by molar-refractivity contribution is 7.07. The summed E-state index contributed by atoms with van der Waals surface area (Å²) < 4.78 is 16.0. The average Bonchev–Trinajstić information content (AvgIpc) is 3.65. The predicted octanol–water partition coefficient (Wildman–Crippen LogP) is 8.31. The molecular weight excluding hydrogens is 765 g/mol. The minimum absolute atomic E-state index is 0.0374. The van der Waals surface area contributed by atoms with Crippen molar-refractivity contribution in [1.29, 1.82) is 0 Å². The predicted molar refractivity (Wildman–Crippen MR) is 250 cm³/mol. The Morgan fingerprint density at radius 3 is 1.38 bits per heavy atom. The summed E-state index contributed by atoms with van der Waals surface area (Å²) in [6.45, 7) is 3.30. The highest BCUT2D eigenvalue weighted by Crippen LogP contribution is 2.66. The van der Waals surface area contributed by atoms with Crippen LogP contribution in [0.1, 0.15) is 64.7 Å². The van der Waals surface area contributed by atoms with E-state index in [0.29, 0.717) is 48.9 Å². The lowest BCUT2D eigenvalue weighted by atomic mass is 9.45. The quantitative estimate of drug-likeness (QED) is 0.0975. The molecular formula is C55H58O3Si2. The molecule has 3 nitrogen and oxygen atoms in total. The lowest BCUT2D eigenvalue weighted by Gasteiger charge is -2.61. The van der Waals surface area contributed by atoms with Crippen molar-refractivity contribution in [3.63, 3.8) is 0 Å². The van der Waals surface area contributed by atoms with Crippen LogP contribution in [0, 0.1) is 34.5 Å². The van der Waals surface area contributed by atoms with Gasteiger partial charge in [-0.1, -0.05) is 189 Å². The molecule has 4 saturated carbocycles. The van der Waals surface area contributed by atoms with Crippen LogP contribution in [-0.2, 0) is 13.6 Å². The molecule has 0 aliphatic heterocycles. The number of hydrogen-bond donors (Lipinski definition) is 0. The molecule has 0 bridgehead atoms. The first-order valence-corrected chi connectivity index (χ1v) is 26.5. The summed E-state index contributed by atoms with van der Waals surface area (Å²) in [4.78, 5) is 13.4. The largest absolute Gasteiger partial charge is 0.404 e. The zero-order chi connectivity index (χ0) is 40.6. The van der Waals surface area contributed by atoms with Gasteiger partial charge in [-0.25, -0.2) is 0 Å². The van der Waals surface area contributed by atoms with Crippen molar-refractivity contribution >= 4 is 53.5 Å². The maximum Gasteiger partial charge on any atom is 0.288 e. The van der Waals surface area contributed by atoms with E-state index in [9.17, 15) is 4.79 Å². The second-order valence-corrected chi connectivity index (χ2v) is 25.4. The summed E-state index contributed by atoms with van der Waals surface area (Å²) in [5.74, 6) is 2.50. The van der Waals surface area contributed by atoms with Crippen molar-refractivity contribution in [2.45, 2.75) is 70.8 Å². The second-order valence-electron chi connectivity index (χ2n) is 18.7. The molecule has 0 aromatic heterocycles. The van der Waals surface area contributed by atoms with Gasteiger partial charge in [0.15, 0.2) is 0 Å². The van der Waals surface area contributed by atoms with E-state index >= 15 is 0 Å². The molecule has 7 atom stereocenters. The molecule has 10 rings (SSSR count). The third-order valence-electron chi connectivity index (χ3n) is 16.1. The number of carbonyl (C=O) groups is 1. The molecule has 0 radical (unpaired) electrons. The number of carbonyl (C=O) groups excluding carboxylic acids is 1. The first-order valence-electron chi connectivity index (χ1n) is 22.6. The normalized spacial score (nSPS) is 27.7. The fraction of sp³-hybridized carbons (Fsp3) is 0.327. The number of rotatable bonds is 11. The van der Waals surface area contributed by atoms with Crippen molar-refractivity contribution in [3.8, 4) is 0 Å². The van der Waals surface area contributed by atoms with Crippen LogP contribution in [0.4, 0.5) is 0 Å². The highest BCUT2D eigenvalue weighted by atomic mass is 28.4. The van der Waals surface area contributed by atoms with Gasteiger partial charge in [0.2, 0.25) is 0 Å². The zero-order valence-corrected chi connectivity index (χ0v) is 37.0. The van der Waals surface area contributed by atoms with Crippen LogP contribution in [0.3, 0.4) is 0 Å². The highest BCUT2D eigenvalue weighted by Gasteiger charge is 2.63. The Balaban J connectivity index is 1.02. The maximum atomic E-state index is 13.4. The molecule has 6 aromatic rings. The summed E-state index contributed by atoms with van der Waals surface area (Å²) in [7, 11) is -5.83. The number of fused-ring (bicyclic) bond motifs is 5. The van der Waals surface area contributed by atoms with Crippen molar-refractivity contribution in [1.82, 2.24) is 0 Å².